The molecular weight excluding hydrogens is 358 g/mol. The van der Waals surface area contributed by atoms with Crippen LogP contribution in [0.5, 0.6) is 5.75 Å². The molecule has 1 aromatic rings. The fourth-order valence-electron chi connectivity index (χ4n) is 2.51. The summed E-state index contributed by atoms with van der Waals surface area (Å²) in [6.45, 7) is 6.77. The first-order valence-electron chi connectivity index (χ1n) is 6.97. The van der Waals surface area contributed by atoms with Gasteiger partial charge in [-0.05, 0) is 38.1 Å². The Morgan fingerprint density at radius 2 is 1.86 bits per heavy atom. The minimum Gasteiger partial charge on any atom is -0.491 e. The van der Waals surface area contributed by atoms with Crippen molar-refractivity contribution in [1.82, 2.24) is 4.90 Å². The van der Waals surface area contributed by atoms with Crippen molar-refractivity contribution < 1.29 is 14.6 Å². The summed E-state index contributed by atoms with van der Waals surface area (Å²) in [5.41, 5.74) is 0. The second kappa shape index (κ2) is 8.96. The highest BCUT2D eigenvalue weighted by Gasteiger charge is 2.23. The molecule has 1 aliphatic heterocycles. The van der Waals surface area contributed by atoms with Gasteiger partial charge in [0.05, 0.1) is 12.2 Å². The Morgan fingerprint density at radius 1 is 1.29 bits per heavy atom. The van der Waals surface area contributed by atoms with Crippen LogP contribution in [0, 0.1) is 0 Å². The van der Waals surface area contributed by atoms with Gasteiger partial charge in [0, 0.05) is 24.1 Å². The van der Waals surface area contributed by atoms with Crippen LogP contribution >= 0.6 is 28.3 Å². The Labute approximate surface area is 141 Å². The summed E-state index contributed by atoms with van der Waals surface area (Å²) in [6, 6.07) is 7.62. The number of hydrogen-bond acceptors (Lipinski definition) is 4. The first kappa shape index (κ1) is 18.7. The van der Waals surface area contributed by atoms with E-state index in [1.807, 2.05) is 24.3 Å². The summed E-state index contributed by atoms with van der Waals surface area (Å²) in [7, 11) is 0. The third-order valence-corrected chi connectivity index (χ3v) is 3.75. The van der Waals surface area contributed by atoms with Crippen LogP contribution in [0.2, 0.25) is 0 Å². The van der Waals surface area contributed by atoms with Crippen LogP contribution in [-0.4, -0.2) is 54.6 Å². The van der Waals surface area contributed by atoms with Gasteiger partial charge in [-0.25, -0.2) is 0 Å². The largest absolute Gasteiger partial charge is 0.491 e. The number of nitrogens with zero attached hydrogens (tertiary/aromatic N) is 1. The molecule has 0 spiro atoms. The monoisotopic (exact) mass is 379 g/mol. The molecule has 4 nitrogen and oxygen atoms in total. The van der Waals surface area contributed by atoms with Crippen molar-refractivity contribution in [3.8, 4) is 5.75 Å². The van der Waals surface area contributed by atoms with E-state index in [4.69, 9.17) is 9.47 Å². The summed E-state index contributed by atoms with van der Waals surface area (Å²) in [5.74, 6) is 0.774. The van der Waals surface area contributed by atoms with Crippen LogP contribution in [0.3, 0.4) is 0 Å². The Morgan fingerprint density at radius 3 is 2.43 bits per heavy atom. The molecule has 6 heteroatoms. The van der Waals surface area contributed by atoms with Crippen molar-refractivity contribution in [2.45, 2.75) is 32.2 Å². The van der Waals surface area contributed by atoms with E-state index in [9.17, 15) is 5.11 Å². The van der Waals surface area contributed by atoms with Gasteiger partial charge in [-0.2, -0.15) is 0 Å². The summed E-state index contributed by atoms with van der Waals surface area (Å²) in [6.07, 6.45) is -0.0483. The molecule has 120 valence electrons. The van der Waals surface area contributed by atoms with Crippen LogP contribution in [-0.2, 0) is 4.74 Å². The van der Waals surface area contributed by atoms with Gasteiger partial charge in [-0.1, -0.05) is 15.9 Å². The number of morpholine rings is 1. The number of benzene rings is 1. The summed E-state index contributed by atoms with van der Waals surface area (Å²) in [4.78, 5) is 2.23. The maximum atomic E-state index is 10.1. The molecule has 1 aromatic carbocycles. The number of rotatable bonds is 5. The standard InChI is InChI=1S/C15H22BrNO3.ClH/c1-11-7-17(8-12(2)20-11)9-14(18)10-19-15-5-3-13(16)4-6-15;/h3-6,11-12,14,18H,7-10H2,1-2H3;1H. The molecule has 0 amide bonds. The Balaban J connectivity index is 0.00000220. The normalized spacial score (nSPS) is 24.2. The van der Waals surface area contributed by atoms with Crippen LogP contribution < -0.4 is 4.74 Å². The molecule has 0 aromatic heterocycles. The number of hydrogen-bond donors (Lipinski definition) is 1. The molecule has 1 N–H and O–H groups in total. The van der Waals surface area contributed by atoms with E-state index in [1.54, 1.807) is 0 Å². The van der Waals surface area contributed by atoms with E-state index in [0.29, 0.717) is 13.2 Å². The van der Waals surface area contributed by atoms with E-state index in [2.05, 4.69) is 34.7 Å². The zero-order valence-electron chi connectivity index (χ0n) is 12.4. The molecule has 1 heterocycles. The van der Waals surface area contributed by atoms with Gasteiger partial charge in [0.15, 0.2) is 0 Å². The van der Waals surface area contributed by atoms with Crippen LogP contribution in [0.4, 0.5) is 0 Å². The number of aliphatic hydroxyl groups excluding tert-OH is 1. The molecule has 1 fully saturated rings. The van der Waals surface area contributed by atoms with Crippen molar-refractivity contribution in [2.75, 3.05) is 26.2 Å². The van der Waals surface area contributed by atoms with Crippen LogP contribution in [0.15, 0.2) is 28.7 Å². The molecule has 0 bridgehead atoms. The quantitative estimate of drug-likeness (QED) is 0.853. The van der Waals surface area contributed by atoms with Crippen molar-refractivity contribution in [1.29, 1.82) is 0 Å². The van der Waals surface area contributed by atoms with Crippen LogP contribution in [0.1, 0.15) is 13.8 Å². The predicted molar refractivity (Wildman–Crippen MR) is 89.3 cm³/mol. The molecule has 1 aliphatic rings. The second-order valence-corrected chi connectivity index (χ2v) is 6.31. The molecule has 0 radical (unpaired) electrons. The van der Waals surface area contributed by atoms with Gasteiger partial charge in [0.25, 0.3) is 0 Å². The third-order valence-electron chi connectivity index (χ3n) is 3.22. The van der Waals surface area contributed by atoms with Crippen molar-refractivity contribution in [3.63, 3.8) is 0 Å². The van der Waals surface area contributed by atoms with Crippen LogP contribution in [0.25, 0.3) is 0 Å². The molecule has 0 saturated carbocycles. The molecular formula is C15H23BrClNO3. The Hall–Kier alpha value is -0.330. The Kier molecular flexibility index (Phi) is 7.98. The topological polar surface area (TPSA) is 41.9 Å². The van der Waals surface area contributed by atoms with Gasteiger partial charge >= 0.3 is 0 Å². The van der Waals surface area contributed by atoms with E-state index in [0.717, 1.165) is 23.3 Å². The van der Waals surface area contributed by atoms with Gasteiger partial charge in [-0.15, -0.1) is 12.4 Å². The van der Waals surface area contributed by atoms with E-state index in [1.165, 1.54) is 0 Å². The molecule has 3 unspecified atom stereocenters. The van der Waals surface area contributed by atoms with Gasteiger partial charge in [0.1, 0.15) is 18.5 Å². The third kappa shape index (κ3) is 6.53. The van der Waals surface area contributed by atoms with Gasteiger partial charge in [-0.3, -0.25) is 4.90 Å². The lowest BCUT2D eigenvalue weighted by atomic mass is 10.2. The predicted octanol–water partition coefficient (Wildman–Crippen LogP) is 2.72. The van der Waals surface area contributed by atoms with Crippen molar-refractivity contribution in [2.24, 2.45) is 0 Å². The van der Waals surface area contributed by atoms with E-state index >= 15 is 0 Å². The lowest BCUT2D eigenvalue weighted by Gasteiger charge is -2.36. The van der Waals surface area contributed by atoms with Crippen molar-refractivity contribution in [3.05, 3.63) is 28.7 Å². The molecule has 21 heavy (non-hydrogen) atoms. The number of ether oxygens (including phenoxy) is 2. The van der Waals surface area contributed by atoms with Crippen molar-refractivity contribution >= 4 is 28.3 Å². The highest BCUT2D eigenvalue weighted by atomic mass is 79.9. The molecule has 0 aliphatic carbocycles. The maximum Gasteiger partial charge on any atom is 0.119 e. The SMILES string of the molecule is CC1CN(CC(O)COc2ccc(Br)cc2)CC(C)O1.Cl. The first-order valence-corrected chi connectivity index (χ1v) is 7.76. The average Bonchev–Trinajstić information content (AvgIpc) is 2.37. The highest BCUT2D eigenvalue weighted by Crippen LogP contribution is 2.16. The highest BCUT2D eigenvalue weighted by molar-refractivity contribution is 9.10. The second-order valence-electron chi connectivity index (χ2n) is 5.39. The average molecular weight is 381 g/mol. The minimum absolute atomic E-state index is 0. The Bertz CT molecular complexity index is 408. The lowest BCUT2D eigenvalue weighted by Crippen LogP contribution is -2.48. The maximum absolute atomic E-state index is 10.1. The fraction of sp³-hybridized carbons (Fsp3) is 0.600. The summed E-state index contributed by atoms with van der Waals surface area (Å²) >= 11 is 3.38. The molecule has 1 saturated heterocycles. The first-order chi connectivity index (χ1) is 9.52. The fourth-order valence-corrected chi connectivity index (χ4v) is 2.77. The van der Waals surface area contributed by atoms with E-state index < -0.39 is 6.10 Å². The number of halogens is 2. The smallest absolute Gasteiger partial charge is 0.119 e. The van der Waals surface area contributed by atoms with Gasteiger partial charge < -0.3 is 14.6 Å². The summed E-state index contributed by atoms with van der Waals surface area (Å²) < 4.78 is 12.3. The van der Waals surface area contributed by atoms with Gasteiger partial charge in [0.2, 0.25) is 0 Å². The molecule has 3 atom stereocenters. The molecule has 2 rings (SSSR count). The number of aliphatic hydroxyl groups is 1. The number of β-amino-alcohol motifs (C(OH)–C–C–N with tert-alkyl or cyclic N) is 1. The zero-order valence-corrected chi connectivity index (χ0v) is 14.8. The summed E-state index contributed by atoms with van der Waals surface area (Å²) in [5, 5.41) is 10.1. The zero-order chi connectivity index (χ0) is 14.5. The minimum atomic E-state index is -0.490. The lowest BCUT2D eigenvalue weighted by molar-refractivity contribution is -0.0786. The van der Waals surface area contributed by atoms with E-state index in [-0.39, 0.29) is 24.6 Å².